The minimum atomic E-state index is 0. The topological polar surface area (TPSA) is 52.8 Å². The number of carbonyl (C=O) groups is 1. The smallest absolute Gasteiger partial charge is 0.223 e. The zero-order valence-electron chi connectivity index (χ0n) is 17.4. The molecule has 160 valence electrons. The van der Waals surface area contributed by atoms with Crippen molar-refractivity contribution in [3.05, 3.63) is 29.8 Å². The largest absolute Gasteiger partial charge is 0.369 e. The number of likely N-dealkylation sites (tertiary alicyclic amines) is 1. The maximum atomic E-state index is 12.6. The van der Waals surface area contributed by atoms with Gasteiger partial charge in [-0.05, 0) is 36.5 Å². The third-order valence-corrected chi connectivity index (χ3v) is 6.05. The van der Waals surface area contributed by atoms with Crippen molar-refractivity contribution < 1.29 is 4.79 Å². The Labute approximate surface area is 182 Å². The number of nitrogens with zero attached hydrogens (tertiary/aromatic N) is 3. The molecule has 1 unspecified atom stereocenters. The molecular formula is C21H36Cl2N4O. The molecule has 0 bridgehead atoms. The van der Waals surface area contributed by atoms with Gasteiger partial charge >= 0.3 is 0 Å². The van der Waals surface area contributed by atoms with Gasteiger partial charge in [0, 0.05) is 64.0 Å². The van der Waals surface area contributed by atoms with Crippen LogP contribution in [0.5, 0.6) is 0 Å². The van der Waals surface area contributed by atoms with Crippen LogP contribution in [0.1, 0.15) is 32.3 Å². The second-order valence-corrected chi connectivity index (χ2v) is 8.62. The zero-order valence-corrected chi connectivity index (χ0v) is 19.0. The molecule has 2 fully saturated rings. The number of anilines is 1. The molecular weight excluding hydrogens is 395 g/mol. The van der Waals surface area contributed by atoms with Crippen LogP contribution in [0.4, 0.5) is 5.69 Å². The molecule has 2 N–H and O–H groups in total. The molecule has 1 aromatic rings. The summed E-state index contributed by atoms with van der Waals surface area (Å²) in [6.07, 6.45) is 1.53. The molecule has 0 aliphatic carbocycles. The number of aryl methyl sites for hydroxylation is 1. The number of hydrogen-bond acceptors (Lipinski definition) is 4. The van der Waals surface area contributed by atoms with Gasteiger partial charge in [0.05, 0.1) is 0 Å². The minimum absolute atomic E-state index is 0. The summed E-state index contributed by atoms with van der Waals surface area (Å²) < 4.78 is 0. The van der Waals surface area contributed by atoms with Crippen LogP contribution in [0.2, 0.25) is 0 Å². The lowest BCUT2D eigenvalue weighted by Crippen LogP contribution is -2.54. The second-order valence-electron chi connectivity index (χ2n) is 8.62. The summed E-state index contributed by atoms with van der Waals surface area (Å²) >= 11 is 0. The highest BCUT2D eigenvalue weighted by Crippen LogP contribution is 2.28. The molecule has 1 amide bonds. The van der Waals surface area contributed by atoms with Gasteiger partial charge in [-0.15, -0.1) is 24.8 Å². The summed E-state index contributed by atoms with van der Waals surface area (Å²) in [5, 5.41) is 0. The lowest BCUT2D eigenvalue weighted by atomic mass is 9.79. The Balaban J connectivity index is 0.00000196. The monoisotopic (exact) mass is 430 g/mol. The maximum Gasteiger partial charge on any atom is 0.223 e. The highest BCUT2D eigenvalue weighted by atomic mass is 35.5. The SMILES string of the molecule is Cc1cccc(N2CCN(CCC(=O)N3CCC(N)C(C)(C)C3)CC2)c1.Cl.Cl. The first kappa shape index (κ1) is 25.0. The molecule has 28 heavy (non-hydrogen) atoms. The van der Waals surface area contributed by atoms with E-state index < -0.39 is 0 Å². The van der Waals surface area contributed by atoms with Crippen LogP contribution in [0.25, 0.3) is 0 Å². The van der Waals surface area contributed by atoms with Gasteiger partial charge in [-0.25, -0.2) is 0 Å². The first-order valence-electron chi connectivity index (χ1n) is 9.92. The number of carbonyl (C=O) groups excluding carboxylic acids is 1. The van der Waals surface area contributed by atoms with Crippen LogP contribution >= 0.6 is 24.8 Å². The summed E-state index contributed by atoms with van der Waals surface area (Å²) in [4.78, 5) is 19.5. The second kappa shape index (κ2) is 10.7. The predicted molar refractivity (Wildman–Crippen MR) is 122 cm³/mol. The van der Waals surface area contributed by atoms with Crippen LogP contribution in [-0.2, 0) is 4.79 Å². The summed E-state index contributed by atoms with van der Waals surface area (Å²) in [5.41, 5.74) is 8.82. The van der Waals surface area contributed by atoms with Crippen molar-refractivity contribution in [2.45, 2.75) is 39.7 Å². The number of piperazine rings is 1. The molecule has 0 saturated carbocycles. The standard InChI is InChI=1S/C21H34N4O.2ClH/c1-17-5-4-6-18(15-17)24-13-11-23(12-14-24)9-8-20(26)25-10-7-19(22)21(2,3)16-25;;/h4-6,15,19H,7-14,16,22H2,1-3H3;2*1H. The fourth-order valence-electron chi connectivity index (χ4n) is 4.05. The highest BCUT2D eigenvalue weighted by Gasteiger charge is 2.35. The van der Waals surface area contributed by atoms with Crippen molar-refractivity contribution >= 4 is 36.4 Å². The Hall–Kier alpha value is -1.01. The minimum Gasteiger partial charge on any atom is -0.369 e. The third kappa shape index (κ3) is 6.24. The lowest BCUT2D eigenvalue weighted by Gasteiger charge is -2.43. The van der Waals surface area contributed by atoms with Gasteiger partial charge in [-0.2, -0.15) is 0 Å². The van der Waals surface area contributed by atoms with E-state index in [0.29, 0.717) is 6.42 Å². The van der Waals surface area contributed by atoms with E-state index in [1.54, 1.807) is 0 Å². The van der Waals surface area contributed by atoms with Gasteiger partial charge in [0.25, 0.3) is 0 Å². The number of halogens is 2. The van der Waals surface area contributed by atoms with Gasteiger partial charge in [-0.1, -0.05) is 26.0 Å². The fourth-order valence-corrected chi connectivity index (χ4v) is 4.05. The van der Waals surface area contributed by atoms with E-state index in [-0.39, 0.29) is 42.2 Å². The third-order valence-electron chi connectivity index (χ3n) is 6.05. The Bertz CT molecular complexity index is 633. The molecule has 7 heteroatoms. The quantitative estimate of drug-likeness (QED) is 0.797. The normalized spacial score (nSPS) is 22.2. The van der Waals surface area contributed by atoms with Gasteiger partial charge in [0.2, 0.25) is 5.91 Å². The number of nitrogens with two attached hydrogens (primary N) is 1. The first-order valence-corrected chi connectivity index (χ1v) is 9.92. The van der Waals surface area contributed by atoms with E-state index >= 15 is 0 Å². The first-order chi connectivity index (χ1) is 12.3. The van der Waals surface area contributed by atoms with E-state index in [2.05, 4.69) is 54.8 Å². The average molecular weight is 431 g/mol. The van der Waals surface area contributed by atoms with Crippen molar-refractivity contribution in [1.29, 1.82) is 0 Å². The van der Waals surface area contributed by atoms with Crippen molar-refractivity contribution in [3.8, 4) is 0 Å². The highest BCUT2D eigenvalue weighted by molar-refractivity contribution is 5.85. The van der Waals surface area contributed by atoms with Crippen LogP contribution in [0.3, 0.4) is 0 Å². The Kier molecular flexibility index (Phi) is 9.54. The summed E-state index contributed by atoms with van der Waals surface area (Å²) in [6.45, 7) is 13.0. The number of rotatable bonds is 4. The number of hydrogen-bond donors (Lipinski definition) is 1. The number of piperidine rings is 1. The Morgan fingerprint density at radius 1 is 1.14 bits per heavy atom. The molecule has 2 aliphatic rings. The molecule has 1 atom stereocenters. The molecule has 2 heterocycles. The summed E-state index contributed by atoms with van der Waals surface area (Å²) in [7, 11) is 0. The molecule has 0 aromatic heterocycles. The van der Waals surface area contributed by atoms with Crippen molar-refractivity contribution in [1.82, 2.24) is 9.80 Å². The van der Waals surface area contributed by atoms with E-state index in [9.17, 15) is 4.79 Å². The van der Waals surface area contributed by atoms with Gasteiger partial charge in [0.15, 0.2) is 0 Å². The Morgan fingerprint density at radius 2 is 1.82 bits per heavy atom. The summed E-state index contributed by atoms with van der Waals surface area (Å²) in [5.74, 6) is 0.283. The van der Waals surface area contributed by atoms with Crippen LogP contribution in [0, 0.1) is 12.3 Å². The van der Waals surface area contributed by atoms with E-state index in [1.807, 2.05) is 4.90 Å². The number of amides is 1. The van der Waals surface area contributed by atoms with Crippen LogP contribution in [-0.4, -0.2) is 67.6 Å². The van der Waals surface area contributed by atoms with Crippen molar-refractivity contribution in [2.75, 3.05) is 50.7 Å². The molecule has 3 rings (SSSR count). The van der Waals surface area contributed by atoms with Crippen LogP contribution < -0.4 is 10.6 Å². The molecule has 2 aliphatic heterocycles. The number of benzene rings is 1. The predicted octanol–water partition coefficient (Wildman–Crippen LogP) is 2.94. The van der Waals surface area contributed by atoms with Crippen molar-refractivity contribution in [2.24, 2.45) is 11.1 Å². The van der Waals surface area contributed by atoms with Crippen molar-refractivity contribution in [3.63, 3.8) is 0 Å². The summed E-state index contributed by atoms with van der Waals surface area (Å²) in [6, 6.07) is 8.90. The average Bonchev–Trinajstić information content (AvgIpc) is 2.62. The molecule has 2 saturated heterocycles. The molecule has 0 radical (unpaired) electrons. The van der Waals surface area contributed by atoms with E-state index in [0.717, 1.165) is 52.2 Å². The molecule has 5 nitrogen and oxygen atoms in total. The molecule has 1 aromatic carbocycles. The van der Waals surface area contributed by atoms with Gasteiger partial charge in [0.1, 0.15) is 0 Å². The van der Waals surface area contributed by atoms with E-state index in [1.165, 1.54) is 11.3 Å². The lowest BCUT2D eigenvalue weighted by molar-refractivity contribution is -0.135. The van der Waals surface area contributed by atoms with Gasteiger partial charge in [-0.3, -0.25) is 9.69 Å². The van der Waals surface area contributed by atoms with Crippen LogP contribution in [0.15, 0.2) is 24.3 Å². The van der Waals surface area contributed by atoms with E-state index in [4.69, 9.17) is 5.73 Å². The Morgan fingerprint density at radius 3 is 2.43 bits per heavy atom. The van der Waals surface area contributed by atoms with Gasteiger partial charge < -0.3 is 15.5 Å². The molecule has 0 spiro atoms. The maximum absolute atomic E-state index is 12.6. The fraction of sp³-hybridized carbons (Fsp3) is 0.667. The zero-order chi connectivity index (χ0) is 18.7.